The highest BCUT2D eigenvalue weighted by Crippen LogP contribution is 2.43. The Bertz CT molecular complexity index is 1300. The first-order valence-electron chi connectivity index (χ1n) is 17.1. The van der Waals surface area contributed by atoms with Crippen LogP contribution >= 0.6 is 11.3 Å². The molecule has 1 heterocycles. The summed E-state index contributed by atoms with van der Waals surface area (Å²) in [7, 11) is 17.3. The average molecular weight is 609 g/mol. The summed E-state index contributed by atoms with van der Waals surface area (Å²) in [6.07, 6.45) is 22.0. The van der Waals surface area contributed by atoms with E-state index in [0.29, 0.717) is 0 Å². The van der Waals surface area contributed by atoms with Gasteiger partial charge in [0.15, 0.2) is 0 Å². The Kier molecular flexibility index (Phi) is 14.6. The SMILES string of the molecule is CCCCCCCCCCCCCCCCCc1c(N(C)C)c2nc3ccc(N(C)C)cc3sc-2c(N(C)C)c1=[N+](C)C. The summed E-state index contributed by atoms with van der Waals surface area (Å²) in [5.41, 5.74) is 7.42. The summed E-state index contributed by atoms with van der Waals surface area (Å²) in [4.78, 5) is 13.4. The van der Waals surface area contributed by atoms with Gasteiger partial charge in [0.1, 0.15) is 25.5 Å². The second-order valence-corrected chi connectivity index (χ2v) is 14.4. The third kappa shape index (κ3) is 9.83. The van der Waals surface area contributed by atoms with E-state index in [0.717, 1.165) is 17.6 Å². The first kappa shape index (κ1) is 35.1. The average Bonchev–Trinajstić information content (AvgIpc) is 2.96. The number of nitrogens with zero attached hydrogens (tertiary/aromatic N) is 5. The predicted molar refractivity (Wildman–Crippen MR) is 195 cm³/mol. The van der Waals surface area contributed by atoms with Crippen molar-refractivity contribution in [1.82, 2.24) is 9.56 Å². The Labute approximate surface area is 268 Å². The van der Waals surface area contributed by atoms with Crippen molar-refractivity contribution in [1.29, 1.82) is 0 Å². The Morgan fingerprint density at radius 1 is 0.651 bits per heavy atom. The lowest BCUT2D eigenvalue weighted by Gasteiger charge is -2.26. The minimum Gasteiger partial charge on any atom is -0.378 e. The van der Waals surface area contributed by atoms with Gasteiger partial charge >= 0.3 is 0 Å². The summed E-state index contributed by atoms with van der Waals surface area (Å²) in [6.45, 7) is 2.30. The van der Waals surface area contributed by atoms with Crippen LogP contribution < -0.4 is 24.6 Å². The maximum atomic E-state index is 5.33. The third-order valence-corrected chi connectivity index (χ3v) is 9.86. The van der Waals surface area contributed by atoms with Crippen molar-refractivity contribution in [3.05, 3.63) is 29.1 Å². The lowest BCUT2D eigenvalue weighted by atomic mass is 9.97. The first-order valence-corrected chi connectivity index (χ1v) is 17.9. The fourth-order valence-corrected chi connectivity index (χ4v) is 7.63. The molecule has 6 heteroatoms. The number of hydrogen-bond acceptors (Lipinski definition) is 5. The topological polar surface area (TPSA) is 25.6 Å². The van der Waals surface area contributed by atoms with Crippen LogP contribution in [-0.4, -0.2) is 61.4 Å². The van der Waals surface area contributed by atoms with E-state index in [1.807, 2.05) is 11.3 Å². The van der Waals surface area contributed by atoms with Crippen LogP contribution in [0.2, 0.25) is 0 Å². The Hall–Kier alpha value is -2.34. The second-order valence-electron chi connectivity index (χ2n) is 13.3. The molecule has 1 aromatic rings. The molecule has 0 aromatic heterocycles. The highest BCUT2D eigenvalue weighted by molar-refractivity contribution is 7.22. The molecule has 0 N–H and O–H groups in total. The summed E-state index contributed by atoms with van der Waals surface area (Å²) >= 11 is 1.87. The van der Waals surface area contributed by atoms with Gasteiger partial charge in [0.05, 0.1) is 26.3 Å². The molecule has 2 aliphatic rings. The molecule has 0 atom stereocenters. The molecule has 3 rings (SSSR count). The molecule has 0 saturated carbocycles. The van der Waals surface area contributed by atoms with E-state index in [9.17, 15) is 0 Å². The Morgan fingerprint density at radius 3 is 1.63 bits per heavy atom. The number of rotatable bonds is 19. The molecule has 1 aliphatic heterocycles. The zero-order valence-corrected chi connectivity index (χ0v) is 30.0. The van der Waals surface area contributed by atoms with Gasteiger partial charge in [-0.15, -0.1) is 11.3 Å². The zero-order chi connectivity index (χ0) is 31.4. The fourth-order valence-electron chi connectivity index (χ4n) is 6.40. The van der Waals surface area contributed by atoms with E-state index >= 15 is 0 Å². The second kappa shape index (κ2) is 17.8. The van der Waals surface area contributed by atoms with Gasteiger partial charge in [0.2, 0.25) is 5.36 Å². The molecular formula is C37H62N5S+. The van der Waals surface area contributed by atoms with E-state index in [1.54, 1.807) is 0 Å². The molecule has 0 radical (unpaired) electrons. The Balaban J connectivity index is 1.70. The van der Waals surface area contributed by atoms with Gasteiger partial charge in [-0.05, 0) is 31.0 Å². The minimum absolute atomic E-state index is 1.08. The van der Waals surface area contributed by atoms with Crippen LogP contribution in [0.15, 0.2) is 18.2 Å². The van der Waals surface area contributed by atoms with E-state index in [4.69, 9.17) is 4.98 Å². The van der Waals surface area contributed by atoms with Gasteiger partial charge in [-0.1, -0.05) is 96.8 Å². The molecular weight excluding hydrogens is 547 g/mol. The van der Waals surface area contributed by atoms with Gasteiger partial charge in [-0.2, -0.15) is 0 Å². The molecule has 0 amide bonds. The molecule has 1 aliphatic carbocycles. The molecule has 240 valence electrons. The van der Waals surface area contributed by atoms with Crippen molar-refractivity contribution in [2.45, 2.75) is 110 Å². The molecule has 0 fully saturated rings. The van der Waals surface area contributed by atoms with Crippen LogP contribution in [-0.2, 0) is 6.42 Å². The molecule has 0 spiro atoms. The minimum atomic E-state index is 1.08. The van der Waals surface area contributed by atoms with Crippen molar-refractivity contribution in [3.8, 4) is 10.6 Å². The fraction of sp³-hybridized carbons (Fsp3) is 0.676. The first-order chi connectivity index (χ1) is 20.7. The number of fused-ring (bicyclic) bond motifs is 2. The summed E-state index contributed by atoms with van der Waals surface area (Å²) in [5.74, 6) is 0. The van der Waals surface area contributed by atoms with E-state index in [2.05, 4.69) is 101 Å². The molecule has 5 nitrogen and oxygen atoms in total. The van der Waals surface area contributed by atoms with Gasteiger partial charge in [-0.3, -0.25) is 0 Å². The van der Waals surface area contributed by atoms with Gasteiger partial charge in [0, 0.05) is 48.0 Å². The maximum absolute atomic E-state index is 5.33. The van der Waals surface area contributed by atoms with Crippen LogP contribution in [0.5, 0.6) is 0 Å². The highest BCUT2D eigenvalue weighted by atomic mass is 32.1. The molecule has 1 aromatic carbocycles. The summed E-state index contributed by atoms with van der Waals surface area (Å²) < 4.78 is 3.56. The third-order valence-electron chi connectivity index (χ3n) is 8.73. The normalized spacial score (nSPS) is 11.5. The molecule has 43 heavy (non-hydrogen) atoms. The lowest BCUT2D eigenvalue weighted by molar-refractivity contribution is 0.532. The monoisotopic (exact) mass is 608 g/mol. The number of hydrogen-bond donors (Lipinski definition) is 0. The standard InChI is InChI=1S/C37H62N5S/c1-10-11-12-13-14-15-16-17-18-19-20-21-22-23-24-25-30-34(40(4)5)33-37(36(42(8)9)35(30)41(6)7)43-32-28-29(39(2)3)26-27-31(32)38-33/h26-28H,10-25H2,1-9H3/q+1. The van der Waals surface area contributed by atoms with Crippen molar-refractivity contribution < 1.29 is 0 Å². The van der Waals surface area contributed by atoms with Crippen LogP contribution in [0.1, 0.15) is 109 Å². The largest absolute Gasteiger partial charge is 0.378 e. The van der Waals surface area contributed by atoms with Crippen LogP contribution in [0, 0.1) is 0 Å². The van der Waals surface area contributed by atoms with Gasteiger partial charge in [-0.25, -0.2) is 9.56 Å². The quantitative estimate of drug-likeness (QED) is 0.0770. The van der Waals surface area contributed by atoms with E-state index in [-0.39, 0.29) is 0 Å². The molecule has 0 unspecified atom stereocenters. The number of anilines is 3. The number of benzene rings is 2. The Morgan fingerprint density at radius 2 is 1.16 bits per heavy atom. The van der Waals surface area contributed by atoms with E-state index in [1.165, 1.54) is 134 Å². The summed E-state index contributed by atoms with van der Waals surface area (Å²) in [6, 6.07) is 6.64. The van der Waals surface area contributed by atoms with Crippen LogP contribution in [0.25, 0.3) is 20.8 Å². The van der Waals surface area contributed by atoms with Crippen molar-refractivity contribution in [3.63, 3.8) is 0 Å². The van der Waals surface area contributed by atoms with Gasteiger partial charge in [0.25, 0.3) is 0 Å². The number of unbranched alkanes of at least 4 members (excludes halogenated alkanes) is 14. The smallest absolute Gasteiger partial charge is 0.229 e. The highest BCUT2D eigenvalue weighted by Gasteiger charge is 2.29. The maximum Gasteiger partial charge on any atom is 0.229 e. The predicted octanol–water partition coefficient (Wildman–Crippen LogP) is 9.04. The van der Waals surface area contributed by atoms with Crippen molar-refractivity contribution in [2.24, 2.45) is 0 Å². The van der Waals surface area contributed by atoms with Crippen molar-refractivity contribution >= 4 is 38.6 Å². The lowest BCUT2D eigenvalue weighted by Crippen LogP contribution is -2.35. The van der Waals surface area contributed by atoms with E-state index < -0.39 is 0 Å². The van der Waals surface area contributed by atoms with Gasteiger partial charge < -0.3 is 14.7 Å². The van der Waals surface area contributed by atoms with Crippen LogP contribution in [0.3, 0.4) is 0 Å². The van der Waals surface area contributed by atoms with Crippen LogP contribution in [0.4, 0.5) is 17.1 Å². The number of aromatic nitrogens is 1. The molecule has 0 bridgehead atoms. The summed E-state index contributed by atoms with van der Waals surface area (Å²) in [5, 5.41) is 1.34. The molecule has 0 saturated heterocycles. The zero-order valence-electron chi connectivity index (χ0n) is 29.2. The van der Waals surface area contributed by atoms with Crippen molar-refractivity contribution in [2.75, 3.05) is 71.1 Å².